The summed E-state index contributed by atoms with van der Waals surface area (Å²) in [6, 6.07) is 0.187. The van der Waals surface area contributed by atoms with E-state index in [1.807, 2.05) is 6.92 Å². The molecule has 26 heavy (non-hydrogen) atoms. The second-order valence-electron chi connectivity index (χ2n) is 8.27. The molecule has 0 aliphatic rings. The lowest BCUT2D eigenvalue weighted by Gasteiger charge is -2.30. The van der Waals surface area contributed by atoms with Gasteiger partial charge in [-0.05, 0) is 50.7 Å². The van der Waals surface area contributed by atoms with Gasteiger partial charge in [-0.25, -0.2) is 4.39 Å². The summed E-state index contributed by atoms with van der Waals surface area (Å²) in [6.07, 6.45) is 3.17. The van der Waals surface area contributed by atoms with Crippen LogP contribution in [0.2, 0.25) is 0 Å². The monoisotopic (exact) mass is 363 g/mol. The van der Waals surface area contributed by atoms with Gasteiger partial charge in [-0.15, -0.1) is 0 Å². The molecule has 0 heterocycles. The topological polar surface area (TPSA) is 50.1 Å². The minimum absolute atomic E-state index is 0.0326. The summed E-state index contributed by atoms with van der Waals surface area (Å²) < 4.78 is 14.5. The van der Waals surface area contributed by atoms with E-state index in [2.05, 4.69) is 58.1 Å². The predicted molar refractivity (Wildman–Crippen MR) is 113 cm³/mol. The number of hydrogen-bond acceptors (Lipinski definition) is 3. The summed E-state index contributed by atoms with van der Waals surface area (Å²) in [7, 11) is 0. The molecule has 4 heteroatoms. The lowest BCUT2D eigenvalue weighted by Crippen LogP contribution is -2.45. The van der Waals surface area contributed by atoms with Crippen molar-refractivity contribution in [3.63, 3.8) is 0 Å². The molecule has 4 N–H and O–H groups in total. The number of nitrogens with two attached hydrogens (primary N) is 1. The predicted octanol–water partition coefficient (Wildman–Crippen LogP) is 5.46. The molecule has 0 aliphatic heterocycles. The smallest absolute Gasteiger partial charge is 0.142 e. The third-order valence-corrected chi connectivity index (χ3v) is 4.06. The van der Waals surface area contributed by atoms with Crippen LogP contribution in [0.25, 0.3) is 0 Å². The molecule has 0 fully saturated rings. The summed E-state index contributed by atoms with van der Waals surface area (Å²) in [4.78, 5) is 0. The summed E-state index contributed by atoms with van der Waals surface area (Å²) in [6.45, 7) is 25.8. The highest BCUT2D eigenvalue weighted by molar-refractivity contribution is 5.45. The first-order valence-electron chi connectivity index (χ1n) is 9.18. The molecule has 0 aromatic rings. The van der Waals surface area contributed by atoms with Crippen molar-refractivity contribution in [2.75, 3.05) is 0 Å². The number of nitrogens with one attached hydrogen (secondary N) is 2. The Morgan fingerprint density at radius 2 is 1.69 bits per heavy atom. The minimum Gasteiger partial charge on any atom is -0.399 e. The molecule has 3 nitrogen and oxygen atoms in total. The fraction of sp³-hybridized carbons (Fsp3) is 0.545. The molecule has 0 aliphatic carbocycles. The molecule has 0 aromatic carbocycles. The Hall–Kier alpha value is -1.97. The van der Waals surface area contributed by atoms with E-state index in [9.17, 15) is 4.39 Å². The molecule has 0 saturated heterocycles. The average Bonchev–Trinajstić information content (AvgIpc) is 2.47. The van der Waals surface area contributed by atoms with Crippen molar-refractivity contribution < 1.29 is 4.39 Å². The van der Waals surface area contributed by atoms with E-state index in [0.717, 1.165) is 18.5 Å². The maximum atomic E-state index is 14.5. The van der Waals surface area contributed by atoms with Crippen LogP contribution in [0, 0.1) is 5.41 Å². The van der Waals surface area contributed by atoms with Crippen LogP contribution >= 0.6 is 0 Å². The maximum absolute atomic E-state index is 14.5. The lowest BCUT2D eigenvalue weighted by molar-refractivity contribution is 0.367. The van der Waals surface area contributed by atoms with Crippen LogP contribution in [-0.2, 0) is 0 Å². The Balaban J connectivity index is 5.16. The Morgan fingerprint density at radius 3 is 2.08 bits per heavy atom. The number of halogens is 1. The van der Waals surface area contributed by atoms with Gasteiger partial charge < -0.3 is 16.4 Å². The van der Waals surface area contributed by atoms with Crippen molar-refractivity contribution in [1.82, 2.24) is 10.6 Å². The van der Waals surface area contributed by atoms with Gasteiger partial charge in [0.1, 0.15) is 5.83 Å². The fourth-order valence-corrected chi connectivity index (χ4v) is 2.77. The molecule has 0 amide bonds. The fourth-order valence-electron chi connectivity index (χ4n) is 2.77. The van der Waals surface area contributed by atoms with Crippen molar-refractivity contribution >= 4 is 0 Å². The molecule has 1 unspecified atom stereocenters. The van der Waals surface area contributed by atoms with Gasteiger partial charge in [-0.2, -0.15) is 0 Å². The molecule has 2 atom stereocenters. The van der Waals surface area contributed by atoms with Crippen LogP contribution in [0.1, 0.15) is 61.3 Å². The van der Waals surface area contributed by atoms with Crippen molar-refractivity contribution in [3.8, 4) is 0 Å². The van der Waals surface area contributed by atoms with Crippen molar-refractivity contribution in [2.45, 2.75) is 73.4 Å². The molecule has 0 saturated carbocycles. The van der Waals surface area contributed by atoms with Gasteiger partial charge in [0.25, 0.3) is 0 Å². The highest BCUT2D eigenvalue weighted by Gasteiger charge is 2.19. The van der Waals surface area contributed by atoms with E-state index < -0.39 is 0 Å². The van der Waals surface area contributed by atoms with E-state index in [1.165, 1.54) is 6.08 Å². The molecule has 148 valence electrons. The molecule has 0 radical (unpaired) electrons. The largest absolute Gasteiger partial charge is 0.399 e. The van der Waals surface area contributed by atoms with E-state index >= 15 is 0 Å². The van der Waals surface area contributed by atoms with Gasteiger partial charge >= 0.3 is 0 Å². The van der Waals surface area contributed by atoms with Gasteiger partial charge in [0.05, 0.1) is 0 Å². The number of rotatable bonds is 10. The standard InChI is InChI=1S/C22H38FN3/c1-11-21(25-15(4)13-22(8,9)10)18(7)26-17(6)20(23)12-19(14(2)3)16(5)24/h12,18,21,25-26H,2,4-5,11,13,24H2,1,3,6-10H3/b19-12+,20-17-/t18?,21-/m0/s1. The van der Waals surface area contributed by atoms with Gasteiger partial charge in [0.15, 0.2) is 0 Å². The second-order valence-corrected chi connectivity index (χ2v) is 8.27. The van der Waals surface area contributed by atoms with Gasteiger partial charge in [-0.1, -0.05) is 47.4 Å². The first kappa shape index (κ1) is 24.0. The average molecular weight is 364 g/mol. The molecule has 0 bridgehead atoms. The Labute approximate surface area is 160 Å². The molecular formula is C22H38FN3. The summed E-state index contributed by atoms with van der Waals surface area (Å²) in [5, 5.41) is 6.72. The van der Waals surface area contributed by atoms with Crippen LogP contribution in [0.3, 0.4) is 0 Å². The third kappa shape index (κ3) is 8.93. The first-order valence-corrected chi connectivity index (χ1v) is 9.18. The van der Waals surface area contributed by atoms with Crippen molar-refractivity contribution in [2.24, 2.45) is 11.1 Å². The highest BCUT2D eigenvalue weighted by atomic mass is 19.1. The van der Waals surface area contributed by atoms with Crippen LogP contribution in [0.4, 0.5) is 4.39 Å². The lowest BCUT2D eigenvalue weighted by atomic mass is 9.90. The van der Waals surface area contributed by atoms with E-state index in [0.29, 0.717) is 22.5 Å². The highest BCUT2D eigenvalue weighted by Crippen LogP contribution is 2.23. The zero-order chi connectivity index (χ0) is 20.7. The molecule has 0 aromatic heterocycles. The van der Waals surface area contributed by atoms with Crippen LogP contribution in [-0.4, -0.2) is 12.1 Å². The van der Waals surface area contributed by atoms with E-state index in [-0.39, 0.29) is 23.3 Å². The minimum atomic E-state index is -0.371. The number of hydrogen-bond donors (Lipinski definition) is 3. The zero-order valence-electron chi connectivity index (χ0n) is 17.7. The van der Waals surface area contributed by atoms with Crippen LogP contribution in [0.15, 0.2) is 59.9 Å². The zero-order valence-corrected chi connectivity index (χ0v) is 17.7. The van der Waals surface area contributed by atoms with Gasteiger partial charge in [-0.3, -0.25) is 0 Å². The van der Waals surface area contributed by atoms with Crippen molar-refractivity contribution in [3.05, 3.63) is 59.9 Å². The van der Waals surface area contributed by atoms with Crippen molar-refractivity contribution in [1.29, 1.82) is 0 Å². The SMILES string of the molecule is C=C(CC(C)(C)C)N[C@@H](CC)C(C)N/C(C)=C(F)/C=C(\C(=C)C)C(=C)N. The van der Waals surface area contributed by atoms with Gasteiger partial charge in [0, 0.05) is 34.7 Å². The quantitative estimate of drug-likeness (QED) is 0.452. The third-order valence-electron chi connectivity index (χ3n) is 4.06. The van der Waals surface area contributed by atoms with Crippen LogP contribution < -0.4 is 16.4 Å². The summed E-state index contributed by atoms with van der Waals surface area (Å²) in [5.41, 5.74) is 8.86. The second kappa shape index (κ2) is 10.2. The van der Waals surface area contributed by atoms with Gasteiger partial charge in [0.2, 0.25) is 0 Å². The van der Waals surface area contributed by atoms with E-state index in [1.54, 1.807) is 13.8 Å². The van der Waals surface area contributed by atoms with Crippen LogP contribution in [0.5, 0.6) is 0 Å². The Kier molecular flexibility index (Phi) is 9.47. The molecule has 0 spiro atoms. The number of allylic oxidation sites excluding steroid dienone is 5. The summed E-state index contributed by atoms with van der Waals surface area (Å²) in [5.74, 6) is -0.371. The molecular weight excluding hydrogens is 325 g/mol. The van der Waals surface area contributed by atoms with E-state index in [4.69, 9.17) is 5.73 Å². The maximum Gasteiger partial charge on any atom is 0.142 e. The molecule has 0 rings (SSSR count). The normalized spacial score (nSPS) is 15.6. The Bertz CT molecular complexity index is 575. The first-order chi connectivity index (χ1) is 11.8. The summed E-state index contributed by atoms with van der Waals surface area (Å²) >= 11 is 0. The Morgan fingerprint density at radius 1 is 1.15 bits per heavy atom.